The molecule has 0 saturated heterocycles. The van der Waals surface area contributed by atoms with Crippen molar-refractivity contribution >= 4 is 37.8 Å². The van der Waals surface area contributed by atoms with Crippen LogP contribution in [-0.2, 0) is 0 Å². The predicted octanol–water partition coefficient (Wildman–Crippen LogP) is 4.97. The number of carbonyl (C=O) groups is 1. The van der Waals surface area contributed by atoms with Gasteiger partial charge in [0.1, 0.15) is 0 Å². The lowest BCUT2D eigenvalue weighted by atomic mass is 10.1. The Kier molecular flexibility index (Phi) is 6.54. The molecule has 0 N–H and O–H groups in total. The molecule has 1 rings (SSSR count). The number of benzene rings is 1. The number of halogens is 2. The average Bonchev–Trinajstić information content (AvgIpc) is 2.24. The maximum Gasteiger partial charge on any atom is 0.253 e. The fourth-order valence-electron chi connectivity index (χ4n) is 1.98. The molecule has 0 heterocycles. The summed E-state index contributed by atoms with van der Waals surface area (Å²) in [4.78, 5) is 14.6. The summed E-state index contributed by atoms with van der Waals surface area (Å²) in [5, 5.41) is 0. The zero-order chi connectivity index (χ0) is 14.6. The predicted molar refractivity (Wildman–Crippen MR) is 87.4 cm³/mol. The topological polar surface area (TPSA) is 20.3 Å². The summed E-state index contributed by atoms with van der Waals surface area (Å²) in [5.74, 6) is 1.04. The van der Waals surface area contributed by atoms with Gasteiger partial charge in [0.05, 0.1) is 0 Å². The van der Waals surface area contributed by atoms with E-state index in [0.29, 0.717) is 11.8 Å². The lowest BCUT2D eigenvalue weighted by Crippen LogP contribution is -2.37. The van der Waals surface area contributed by atoms with Crippen LogP contribution < -0.4 is 0 Å². The Hall–Kier alpha value is -0.350. The highest BCUT2D eigenvalue weighted by Gasteiger charge is 2.18. The van der Waals surface area contributed by atoms with Crippen LogP contribution in [0.5, 0.6) is 0 Å². The van der Waals surface area contributed by atoms with E-state index in [1.165, 1.54) is 0 Å². The standard InChI is InChI=1S/C15H21Br2NO/c1-10(2)8-18(9-11(3)4)15(19)12-5-13(16)7-14(17)6-12/h5-7,10-11H,8-9H2,1-4H3. The van der Waals surface area contributed by atoms with Gasteiger partial charge in [0.15, 0.2) is 0 Å². The second-order valence-electron chi connectivity index (χ2n) is 5.66. The third-order valence-electron chi connectivity index (χ3n) is 2.57. The molecular weight excluding hydrogens is 370 g/mol. The van der Waals surface area contributed by atoms with Gasteiger partial charge in [0.2, 0.25) is 0 Å². The second-order valence-corrected chi connectivity index (χ2v) is 7.49. The number of rotatable bonds is 5. The van der Waals surface area contributed by atoms with Gasteiger partial charge in [-0.15, -0.1) is 0 Å². The van der Waals surface area contributed by atoms with Crippen LogP contribution in [0.25, 0.3) is 0 Å². The molecule has 0 aliphatic carbocycles. The van der Waals surface area contributed by atoms with Gasteiger partial charge in [0, 0.05) is 27.6 Å². The van der Waals surface area contributed by atoms with Crippen LogP contribution in [0.1, 0.15) is 38.1 Å². The Balaban J connectivity index is 2.97. The van der Waals surface area contributed by atoms with E-state index in [1.807, 2.05) is 23.1 Å². The maximum atomic E-state index is 12.6. The Bertz CT molecular complexity index is 414. The lowest BCUT2D eigenvalue weighted by molar-refractivity contribution is 0.0715. The van der Waals surface area contributed by atoms with Crippen molar-refractivity contribution in [3.63, 3.8) is 0 Å². The van der Waals surface area contributed by atoms with Gasteiger partial charge < -0.3 is 4.90 Å². The molecule has 0 bridgehead atoms. The molecule has 0 atom stereocenters. The van der Waals surface area contributed by atoms with E-state index >= 15 is 0 Å². The van der Waals surface area contributed by atoms with Gasteiger partial charge in [-0.3, -0.25) is 4.79 Å². The molecule has 0 spiro atoms. The molecule has 0 aliphatic rings. The van der Waals surface area contributed by atoms with Crippen LogP contribution >= 0.6 is 31.9 Å². The van der Waals surface area contributed by atoms with Crippen LogP contribution in [0.4, 0.5) is 0 Å². The number of hydrogen-bond acceptors (Lipinski definition) is 1. The van der Waals surface area contributed by atoms with Crippen molar-refractivity contribution in [1.82, 2.24) is 4.90 Å². The first-order chi connectivity index (χ1) is 8.79. The van der Waals surface area contributed by atoms with Gasteiger partial charge >= 0.3 is 0 Å². The van der Waals surface area contributed by atoms with Crippen molar-refractivity contribution < 1.29 is 4.79 Å². The first kappa shape index (κ1) is 16.7. The molecule has 0 radical (unpaired) electrons. The molecule has 1 aromatic carbocycles. The van der Waals surface area contributed by atoms with E-state index < -0.39 is 0 Å². The van der Waals surface area contributed by atoms with E-state index in [1.54, 1.807) is 0 Å². The summed E-state index contributed by atoms with van der Waals surface area (Å²) in [6.07, 6.45) is 0. The third-order valence-corrected chi connectivity index (χ3v) is 3.48. The molecule has 2 nitrogen and oxygen atoms in total. The molecule has 0 unspecified atom stereocenters. The number of nitrogens with zero attached hydrogens (tertiary/aromatic N) is 1. The average molecular weight is 391 g/mol. The Morgan fingerprint density at radius 2 is 1.42 bits per heavy atom. The zero-order valence-electron chi connectivity index (χ0n) is 11.9. The molecule has 0 aliphatic heterocycles. The van der Waals surface area contributed by atoms with Crippen molar-refractivity contribution in [1.29, 1.82) is 0 Å². The summed E-state index contributed by atoms with van der Waals surface area (Å²) in [6.45, 7) is 10.1. The molecule has 0 aromatic heterocycles. The molecule has 1 aromatic rings. The molecule has 0 fully saturated rings. The summed E-state index contributed by atoms with van der Waals surface area (Å²) >= 11 is 6.86. The van der Waals surface area contributed by atoms with Crippen molar-refractivity contribution in [2.45, 2.75) is 27.7 Å². The van der Waals surface area contributed by atoms with E-state index in [0.717, 1.165) is 27.6 Å². The fourth-order valence-corrected chi connectivity index (χ4v) is 3.28. The summed E-state index contributed by atoms with van der Waals surface area (Å²) < 4.78 is 1.83. The first-order valence-electron chi connectivity index (χ1n) is 6.55. The van der Waals surface area contributed by atoms with Crippen molar-refractivity contribution in [3.05, 3.63) is 32.7 Å². The number of hydrogen-bond donors (Lipinski definition) is 0. The highest BCUT2D eigenvalue weighted by atomic mass is 79.9. The molecule has 106 valence electrons. The molecule has 19 heavy (non-hydrogen) atoms. The minimum Gasteiger partial charge on any atom is -0.338 e. The third kappa shape index (κ3) is 5.65. The molecule has 0 saturated carbocycles. The van der Waals surface area contributed by atoms with Gasteiger partial charge in [0.25, 0.3) is 5.91 Å². The van der Waals surface area contributed by atoms with Crippen LogP contribution in [0, 0.1) is 11.8 Å². The van der Waals surface area contributed by atoms with E-state index in [-0.39, 0.29) is 5.91 Å². The molecular formula is C15H21Br2NO. The quantitative estimate of drug-likeness (QED) is 0.695. The van der Waals surface area contributed by atoms with Crippen molar-refractivity contribution in [2.24, 2.45) is 11.8 Å². The summed E-state index contributed by atoms with van der Waals surface area (Å²) in [6, 6.07) is 5.69. The first-order valence-corrected chi connectivity index (χ1v) is 8.13. The van der Waals surface area contributed by atoms with Gasteiger partial charge in [-0.1, -0.05) is 59.6 Å². The Morgan fingerprint density at radius 3 is 1.79 bits per heavy atom. The van der Waals surface area contributed by atoms with Crippen LogP contribution in [0.3, 0.4) is 0 Å². The maximum absolute atomic E-state index is 12.6. The fraction of sp³-hybridized carbons (Fsp3) is 0.533. The van der Waals surface area contributed by atoms with E-state index in [2.05, 4.69) is 59.6 Å². The SMILES string of the molecule is CC(C)CN(CC(C)C)C(=O)c1cc(Br)cc(Br)c1. The van der Waals surface area contributed by atoms with Crippen LogP contribution in [0.2, 0.25) is 0 Å². The Morgan fingerprint density at radius 1 is 1.00 bits per heavy atom. The van der Waals surface area contributed by atoms with E-state index in [9.17, 15) is 4.79 Å². The minimum absolute atomic E-state index is 0.101. The number of carbonyl (C=O) groups excluding carboxylic acids is 1. The van der Waals surface area contributed by atoms with Gasteiger partial charge in [-0.05, 0) is 30.0 Å². The van der Waals surface area contributed by atoms with Crippen LogP contribution in [0.15, 0.2) is 27.1 Å². The van der Waals surface area contributed by atoms with E-state index in [4.69, 9.17) is 0 Å². The highest BCUT2D eigenvalue weighted by molar-refractivity contribution is 9.11. The van der Waals surface area contributed by atoms with Gasteiger partial charge in [-0.2, -0.15) is 0 Å². The zero-order valence-corrected chi connectivity index (χ0v) is 15.1. The monoisotopic (exact) mass is 389 g/mol. The van der Waals surface area contributed by atoms with Crippen LogP contribution in [-0.4, -0.2) is 23.9 Å². The summed E-state index contributed by atoms with van der Waals surface area (Å²) in [5.41, 5.74) is 0.725. The largest absolute Gasteiger partial charge is 0.338 e. The van der Waals surface area contributed by atoms with Gasteiger partial charge in [-0.25, -0.2) is 0 Å². The highest BCUT2D eigenvalue weighted by Crippen LogP contribution is 2.21. The summed E-state index contributed by atoms with van der Waals surface area (Å²) in [7, 11) is 0. The molecule has 4 heteroatoms. The molecule has 1 amide bonds. The normalized spacial score (nSPS) is 11.2. The lowest BCUT2D eigenvalue weighted by Gasteiger charge is -2.26. The smallest absolute Gasteiger partial charge is 0.253 e. The van der Waals surface area contributed by atoms with Crippen molar-refractivity contribution in [2.75, 3.05) is 13.1 Å². The number of amides is 1. The second kappa shape index (κ2) is 7.44. The minimum atomic E-state index is 0.101. The Labute approximate surface area is 132 Å². The van der Waals surface area contributed by atoms with Crippen molar-refractivity contribution in [3.8, 4) is 0 Å².